The van der Waals surface area contributed by atoms with Crippen LogP contribution in [0.3, 0.4) is 0 Å². The Labute approximate surface area is 95.7 Å². The monoisotopic (exact) mass is 218 g/mol. The van der Waals surface area contributed by atoms with Crippen LogP contribution in [0.2, 0.25) is 0 Å². The van der Waals surface area contributed by atoms with Crippen LogP contribution in [0.4, 0.5) is 0 Å². The molecule has 3 nitrogen and oxygen atoms in total. The van der Waals surface area contributed by atoms with Gasteiger partial charge < -0.3 is 16.2 Å². The van der Waals surface area contributed by atoms with E-state index in [4.69, 9.17) is 5.73 Å². The average molecular weight is 218 g/mol. The van der Waals surface area contributed by atoms with Gasteiger partial charge in [-0.1, -0.05) is 24.3 Å². The van der Waals surface area contributed by atoms with Crippen molar-refractivity contribution in [1.82, 2.24) is 5.32 Å². The van der Waals surface area contributed by atoms with E-state index in [2.05, 4.69) is 5.32 Å². The standard InChI is InChI=1S/C13H18N2O/c14-11-8-13(16,12-6-3-7-15-12)10-5-2-1-4-9(10)11/h1-2,4-5,11-12,15-16H,3,6-8,14H2. The Kier molecular flexibility index (Phi) is 2.28. The Morgan fingerprint density at radius 3 is 2.94 bits per heavy atom. The summed E-state index contributed by atoms with van der Waals surface area (Å²) >= 11 is 0. The second-order valence-corrected chi connectivity index (χ2v) is 4.97. The third kappa shape index (κ3) is 1.32. The molecule has 0 saturated carbocycles. The van der Waals surface area contributed by atoms with Gasteiger partial charge in [0.2, 0.25) is 0 Å². The molecule has 3 rings (SSSR count). The lowest BCUT2D eigenvalue weighted by Crippen LogP contribution is -2.44. The lowest BCUT2D eigenvalue weighted by atomic mass is 9.87. The molecule has 3 atom stereocenters. The van der Waals surface area contributed by atoms with Crippen LogP contribution in [0, 0.1) is 0 Å². The summed E-state index contributed by atoms with van der Waals surface area (Å²) in [5.41, 5.74) is 7.48. The highest BCUT2D eigenvalue weighted by Crippen LogP contribution is 2.45. The van der Waals surface area contributed by atoms with Crippen molar-refractivity contribution in [2.45, 2.75) is 36.9 Å². The minimum absolute atomic E-state index is 0.0244. The molecular formula is C13H18N2O. The van der Waals surface area contributed by atoms with Gasteiger partial charge in [0.15, 0.2) is 0 Å². The van der Waals surface area contributed by atoms with Crippen molar-refractivity contribution >= 4 is 0 Å². The van der Waals surface area contributed by atoms with Crippen LogP contribution in [0.25, 0.3) is 0 Å². The molecule has 1 aromatic rings. The van der Waals surface area contributed by atoms with Crippen molar-refractivity contribution in [3.8, 4) is 0 Å². The highest BCUT2D eigenvalue weighted by Gasteiger charge is 2.47. The van der Waals surface area contributed by atoms with E-state index in [1.54, 1.807) is 0 Å². The lowest BCUT2D eigenvalue weighted by Gasteiger charge is -2.31. The zero-order chi connectivity index (χ0) is 11.2. The summed E-state index contributed by atoms with van der Waals surface area (Å²) < 4.78 is 0. The predicted octanol–water partition coefficient (Wildman–Crippen LogP) is 1.03. The van der Waals surface area contributed by atoms with Gasteiger partial charge in [-0.05, 0) is 30.5 Å². The Morgan fingerprint density at radius 2 is 2.19 bits per heavy atom. The first kappa shape index (κ1) is 10.3. The first-order valence-electron chi connectivity index (χ1n) is 6.02. The van der Waals surface area contributed by atoms with Gasteiger partial charge in [-0.2, -0.15) is 0 Å². The molecule has 0 radical (unpaired) electrons. The maximum atomic E-state index is 10.9. The van der Waals surface area contributed by atoms with Crippen LogP contribution in [0.15, 0.2) is 24.3 Å². The number of hydrogen-bond acceptors (Lipinski definition) is 3. The van der Waals surface area contributed by atoms with E-state index in [1.165, 1.54) is 0 Å². The van der Waals surface area contributed by atoms with Crippen LogP contribution >= 0.6 is 0 Å². The molecule has 1 heterocycles. The van der Waals surface area contributed by atoms with Crippen LogP contribution in [-0.2, 0) is 5.60 Å². The third-order valence-electron chi connectivity index (χ3n) is 3.99. The van der Waals surface area contributed by atoms with Crippen molar-refractivity contribution < 1.29 is 5.11 Å². The maximum Gasteiger partial charge on any atom is 0.107 e. The minimum atomic E-state index is -0.757. The average Bonchev–Trinajstić information content (AvgIpc) is 2.89. The van der Waals surface area contributed by atoms with E-state index in [1.807, 2.05) is 24.3 Å². The Hall–Kier alpha value is -0.900. The van der Waals surface area contributed by atoms with Crippen molar-refractivity contribution in [3.63, 3.8) is 0 Å². The number of rotatable bonds is 1. The SMILES string of the molecule is NC1CC(O)(C2CCCN2)c2ccccc21. The van der Waals surface area contributed by atoms with E-state index in [0.717, 1.165) is 30.5 Å². The first-order chi connectivity index (χ1) is 7.72. The van der Waals surface area contributed by atoms with Gasteiger partial charge in [-0.25, -0.2) is 0 Å². The molecule has 1 aliphatic carbocycles. The Morgan fingerprint density at radius 1 is 1.38 bits per heavy atom. The third-order valence-corrected chi connectivity index (χ3v) is 3.99. The maximum absolute atomic E-state index is 10.9. The van der Waals surface area contributed by atoms with E-state index >= 15 is 0 Å². The number of hydrogen-bond donors (Lipinski definition) is 3. The van der Waals surface area contributed by atoms with Gasteiger partial charge >= 0.3 is 0 Å². The van der Waals surface area contributed by atoms with Crippen LogP contribution < -0.4 is 11.1 Å². The molecule has 1 aromatic carbocycles. The molecule has 0 spiro atoms. The van der Waals surface area contributed by atoms with Gasteiger partial charge in [-0.3, -0.25) is 0 Å². The molecule has 0 bridgehead atoms. The highest BCUT2D eigenvalue weighted by atomic mass is 16.3. The zero-order valence-corrected chi connectivity index (χ0v) is 9.32. The summed E-state index contributed by atoms with van der Waals surface area (Å²) in [5.74, 6) is 0. The molecule has 3 unspecified atom stereocenters. The number of benzene rings is 1. The fourth-order valence-electron chi connectivity index (χ4n) is 3.19. The van der Waals surface area contributed by atoms with Gasteiger partial charge in [-0.15, -0.1) is 0 Å². The molecule has 0 aromatic heterocycles. The second-order valence-electron chi connectivity index (χ2n) is 4.97. The fraction of sp³-hybridized carbons (Fsp3) is 0.538. The zero-order valence-electron chi connectivity index (χ0n) is 9.32. The van der Waals surface area contributed by atoms with E-state index in [-0.39, 0.29) is 12.1 Å². The molecule has 0 amide bonds. The largest absolute Gasteiger partial charge is 0.383 e. The van der Waals surface area contributed by atoms with Crippen LogP contribution in [-0.4, -0.2) is 17.7 Å². The Bertz CT molecular complexity index is 401. The number of nitrogens with one attached hydrogen (secondary N) is 1. The summed E-state index contributed by atoms with van der Waals surface area (Å²) in [5, 5.41) is 14.3. The number of fused-ring (bicyclic) bond motifs is 1. The lowest BCUT2D eigenvalue weighted by molar-refractivity contribution is 0.000424. The summed E-state index contributed by atoms with van der Waals surface area (Å²) in [6, 6.07) is 8.17. The smallest absolute Gasteiger partial charge is 0.107 e. The summed E-state index contributed by atoms with van der Waals surface area (Å²) in [7, 11) is 0. The Balaban J connectivity index is 2.04. The van der Waals surface area contributed by atoms with Crippen molar-refractivity contribution in [1.29, 1.82) is 0 Å². The van der Waals surface area contributed by atoms with Crippen molar-refractivity contribution in [2.75, 3.05) is 6.54 Å². The molecule has 3 heteroatoms. The molecule has 1 fully saturated rings. The fourth-order valence-corrected chi connectivity index (χ4v) is 3.19. The molecular weight excluding hydrogens is 200 g/mol. The second kappa shape index (κ2) is 3.55. The number of aliphatic hydroxyl groups is 1. The topological polar surface area (TPSA) is 58.3 Å². The van der Waals surface area contributed by atoms with Gasteiger partial charge in [0.05, 0.1) is 0 Å². The highest BCUT2D eigenvalue weighted by molar-refractivity contribution is 5.41. The van der Waals surface area contributed by atoms with Crippen molar-refractivity contribution in [2.24, 2.45) is 5.73 Å². The van der Waals surface area contributed by atoms with E-state index in [0.29, 0.717) is 6.42 Å². The van der Waals surface area contributed by atoms with Crippen LogP contribution in [0.5, 0.6) is 0 Å². The van der Waals surface area contributed by atoms with E-state index < -0.39 is 5.60 Å². The first-order valence-corrected chi connectivity index (χ1v) is 6.02. The molecule has 16 heavy (non-hydrogen) atoms. The molecule has 1 saturated heterocycles. The molecule has 86 valence electrons. The van der Waals surface area contributed by atoms with Gasteiger partial charge in [0.25, 0.3) is 0 Å². The molecule has 4 N–H and O–H groups in total. The van der Waals surface area contributed by atoms with Crippen LogP contribution in [0.1, 0.15) is 36.4 Å². The van der Waals surface area contributed by atoms with Crippen molar-refractivity contribution in [3.05, 3.63) is 35.4 Å². The minimum Gasteiger partial charge on any atom is -0.383 e. The van der Waals surface area contributed by atoms with Gasteiger partial charge in [0, 0.05) is 18.5 Å². The predicted molar refractivity (Wildman–Crippen MR) is 62.9 cm³/mol. The number of nitrogens with two attached hydrogens (primary N) is 1. The molecule has 1 aliphatic heterocycles. The quantitative estimate of drug-likeness (QED) is 0.660. The summed E-state index contributed by atoms with van der Waals surface area (Å²) in [4.78, 5) is 0. The summed E-state index contributed by atoms with van der Waals surface area (Å²) in [6.45, 7) is 1.00. The van der Waals surface area contributed by atoms with E-state index in [9.17, 15) is 5.11 Å². The summed E-state index contributed by atoms with van der Waals surface area (Å²) in [6.07, 6.45) is 2.83. The van der Waals surface area contributed by atoms with Gasteiger partial charge in [0.1, 0.15) is 5.60 Å². The normalized spacial score (nSPS) is 37.6. The molecule has 2 aliphatic rings.